The lowest BCUT2D eigenvalue weighted by Crippen LogP contribution is -2.34. The second kappa shape index (κ2) is 8.43. The van der Waals surface area contributed by atoms with Gasteiger partial charge in [-0.25, -0.2) is 0 Å². The number of nitrogens with two attached hydrogens (primary N) is 1. The van der Waals surface area contributed by atoms with Gasteiger partial charge in [-0.3, -0.25) is 4.79 Å². The zero-order valence-electron chi connectivity index (χ0n) is 12.5. The fourth-order valence-electron chi connectivity index (χ4n) is 1.93. The minimum absolute atomic E-state index is 0.117. The SMILES string of the molecule is CCOCCN(CC)C(=O)c1c(N)cccc1OCC. The molecule has 0 aliphatic rings. The number of likely N-dealkylation sites (N-methyl/N-ethyl adjacent to an activating group) is 1. The number of nitrogen functional groups attached to an aromatic ring is 1. The van der Waals surface area contributed by atoms with E-state index in [2.05, 4.69) is 0 Å². The lowest BCUT2D eigenvalue weighted by Gasteiger charge is -2.23. The number of hydrogen-bond donors (Lipinski definition) is 1. The minimum Gasteiger partial charge on any atom is -0.493 e. The van der Waals surface area contributed by atoms with E-state index in [4.69, 9.17) is 15.2 Å². The lowest BCUT2D eigenvalue weighted by atomic mass is 10.1. The van der Waals surface area contributed by atoms with Crippen LogP contribution in [0.3, 0.4) is 0 Å². The van der Waals surface area contributed by atoms with Gasteiger partial charge in [0.2, 0.25) is 0 Å². The van der Waals surface area contributed by atoms with E-state index in [1.807, 2.05) is 20.8 Å². The molecule has 0 heterocycles. The van der Waals surface area contributed by atoms with Gasteiger partial charge < -0.3 is 20.1 Å². The maximum absolute atomic E-state index is 12.6. The quantitative estimate of drug-likeness (QED) is 0.585. The van der Waals surface area contributed by atoms with Gasteiger partial charge in [0, 0.05) is 25.4 Å². The molecule has 0 bridgehead atoms. The Morgan fingerprint density at radius 1 is 1.25 bits per heavy atom. The van der Waals surface area contributed by atoms with Crippen molar-refractivity contribution in [3.8, 4) is 5.75 Å². The third-order valence-corrected chi connectivity index (χ3v) is 2.95. The first kappa shape index (κ1) is 16.3. The number of carbonyl (C=O) groups is 1. The summed E-state index contributed by atoms with van der Waals surface area (Å²) in [5.74, 6) is 0.418. The molecule has 1 rings (SSSR count). The molecule has 0 fully saturated rings. The number of amides is 1. The van der Waals surface area contributed by atoms with Crippen molar-refractivity contribution in [2.75, 3.05) is 38.6 Å². The first-order chi connectivity index (χ1) is 9.65. The normalized spacial score (nSPS) is 10.3. The Hall–Kier alpha value is -1.75. The summed E-state index contributed by atoms with van der Waals surface area (Å²) < 4.78 is 10.8. The van der Waals surface area contributed by atoms with Gasteiger partial charge in [-0.05, 0) is 32.9 Å². The Morgan fingerprint density at radius 2 is 2.00 bits per heavy atom. The molecular formula is C15H24N2O3. The minimum atomic E-state index is -0.117. The van der Waals surface area contributed by atoms with Crippen molar-refractivity contribution in [2.45, 2.75) is 20.8 Å². The molecule has 1 aromatic rings. The molecule has 0 spiro atoms. The molecule has 1 aromatic carbocycles. The fourth-order valence-corrected chi connectivity index (χ4v) is 1.93. The summed E-state index contributed by atoms with van der Waals surface area (Å²) in [6, 6.07) is 5.27. The number of nitrogens with zero attached hydrogens (tertiary/aromatic N) is 1. The molecule has 0 aliphatic heterocycles. The summed E-state index contributed by atoms with van der Waals surface area (Å²) in [6.45, 7) is 8.55. The number of hydrogen-bond acceptors (Lipinski definition) is 4. The topological polar surface area (TPSA) is 64.8 Å². The molecule has 5 nitrogen and oxygen atoms in total. The van der Waals surface area contributed by atoms with E-state index in [0.717, 1.165) is 0 Å². The van der Waals surface area contributed by atoms with E-state index < -0.39 is 0 Å². The molecule has 112 valence electrons. The van der Waals surface area contributed by atoms with Crippen molar-refractivity contribution in [3.63, 3.8) is 0 Å². The maximum atomic E-state index is 12.6. The van der Waals surface area contributed by atoms with Crippen molar-refractivity contribution < 1.29 is 14.3 Å². The van der Waals surface area contributed by atoms with Crippen LogP contribution in [0.25, 0.3) is 0 Å². The van der Waals surface area contributed by atoms with Crippen molar-refractivity contribution >= 4 is 11.6 Å². The average molecular weight is 280 g/mol. The predicted molar refractivity (Wildman–Crippen MR) is 80.1 cm³/mol. The number of rotatable bonds is 8. The van der Waals surface area contributed by atoms with Gasteiger partial charge in [-0.1, -0.05) is 6.07 Å². The highest BCUT2D eigenvalue weighted by atomic mass is 16.5. The van der Waals surface area contributed by atoms with Gasteiger partial charge in [0.15, 0.2) is 0 Å². The Kier molecular flexibility index (Phi) is 6.87. The van der Waals surface area contributed by atoms with E-state index in [9.17, 15) is 4.79 Å². The monoisotopic (exact) mass is 280 g/mol. The molecule has 1 amide bonds. The molecule has 0 aliphatic carbocycles. The van der Waals surface area contributed by atoms with Gasteiger partial charge in [0.1, 0.15) is 11.3 Å². The first-order valence-corrected chi connectivity index (χ1v) is 7.03. The lowest BCUT2D eigenvalue weighted by molar-refractivity contribution is 0.0666. The highest BCUT2D eigenvalue weighted by molar-refractivity contribution is 6.01. The van der Waals surface area contributed by atoms with E-state index >= 15 is 0 Å². The Labute approximate surface area is 120 Å². The third kappa shape index (κ3) is 4.13. The molecule has 0 radical (unpaired) electrons. The zero-order chi connectivity index (χ0) is 15.0. The summed E-state index contributed by atoms with van der Waals surface area (Å²) in [7, 11) is 0. The number of benzene rings is 1. The van der Waals surface area contributed by atoms with E-state index in [1.54, 1.807) is 23.1 Å². The maximum Gasteiger partial charge on any atom is 0.259 e. The first-order valence-electron chi connectivity index (χ1n) is 7.03. The van der Waals surface area contributed by atoms with E-state index in [1.165, 1.54) is 0 Å². The fraction of sp³-hybridized carbons (Fsp3) is 0.533. The standard InChI is InChI=1S/C15H24N2O3/c1-4-17(10-11-19-5-2)15(18)14-12(16)8-7-9-13(14)20-6-3/h7-9H,4-6,10-11,16H2,1-3H3. The van der Waals surface area contributed by atoms with Gasteiger partial charge in [0.05, 0.1) is 13.2 Å². The molecular weight excluding hydrogens is 256 g/mol. The van der Waals surface area contributed by atoms with Gasteiger partial charge in [-0.15, -0.1) is 0 Å². The summed E-state index contributed by atoms with van der Waals surface area (Å²) in [5.41, 5.74) is 6.82. The van der Waals surface area contributed by atoms with Crippen molar-refractivity contribution in [1.82, 2.24) is 4.90 Å². The van der Waals surface area contributed by atoms with Crippen molar-refractivity contribution in [1.29, 1.82) is 0 Å². The Morgan fingerprint density at radius 3 is 2.60 bits per heavy atom. The summed E-state index contributed by atoms with van der Waals surface area (Å²) >= 11 is 0. The molecule has 0 atom stereocenters. The van der Waals surface area contributed by atoms with Crippen LogP contribution in [0.1, 0.15) is 31.1 Å². The summed E-state index contributed by atoms with van der Waals surface area (Å²) in [5, 5.41) is 0. The Balaban J connectivity index is 2.93. The van der Waals surface area contributed by atoms with Crippen molar-refractivity contribution in [2.24, 2.45) is 0 Å². The largest absolute Gasteiger partial charge is 0.493 e. The molecule has 0 saturated heterocycles. The second-order valence-electron chi connectivity index (χ2n) is 4.24. The molecule has 0 saturated carbocycles. The van der Waals surface area contributed by atoms with Gasteiger partial charge in [-0.2, -0.15) is 0 Å². The zero-order valence-corrected chi connectivity index (χ0v) is 12.5. The highest BCUT2D eigenvalue weighted by Crippen LogP contribution is 2.26. The highest BCUT2D eigenvalue weighted by Gasteiger charge is 2.21. The summed E-state index contributed by atoms with van der Waals surface area (Å²) in [6.07, 6.45) is 0. The van der Waals surface area contributed by atoms with Gasteiger partial charge >= 0.3 is 0 Å². The van der Waals surface area contributed by atoms with Crippen LogP contribution in [0.5, 0.6) is 5.75 Å². The number of ether oxygens (including phenoxy) is 2. The molecule has 5 heteroatoms. The van der Waals surface area contributed by atoms with E-state index in [0.29, 0.717) is 49.9 Å². The van der Waals surface area contributed by atoms with Crippen LogP contribution in [-0.4, -0.2) is 43.7 Å². The smallest absolute Gasteiger partial charge is 0.259 e. The molecule has 0 unspecified atom stereocenters. The third-order valence-electron chi connectivity index (χ3n) is 2.95. The molecule has 0 aromatic heterocycles. The Bertz CT molecular complexity index is 435. The van der Waals surface area contributed by atoms with Crippen molar-refractivity contribution in [3.05, 3.63) is 23.8 Å². The number of carbonyl (C=O) groups excluding carboxylic acids is 1. The van der Waals surface area contributed by atoms with Gasteiger partial charge in [0.25, 0.3) is 5.91 Å². The predicted octanol–water partition coefficient (Wildman–Crippen LogP) is 2.17. The van der Waals surface area contributed by atoms with E-state index in [-0.39, 0.29) is 5.91 Å². The van der Waals surface area contributed by atoms with Crippen LogP contribution in [0, 0.1) is 0 Å². The molecule has 2 N–H and O–H groups in total. The van der Waals surface area contributed by atoms with Crippen LogP contribution in [0.15, 0.2) is 18.2 Å². The van der Waals surface area contributed by atoms with Crippen LogP contribution < -0.4 is 10.5 Å². The van der Waals surface area contributed by atoms with Crippen LogP contribution >= 0.6 is 0 Å². The van der Waals surface area contributed by atoms with Crippen LogP contribution in [0.4, 0.5) is 5.69 Å². The second-order valence-corrected chi connectivity index (χ2v) is 4.24. The summed E-state index contributed by atoms with van der Waals surface area (Å²) in [4.78, 5) is 14.3. The number of anilines is 1. The average Bonchev–Trinajstić information content (AvgIpc) is 2.44. The molecule has 20 heavy (non-hydrogen) atoms. The van der Waals surface area contributed by atoms with Crippen LogP contribution in [-0.2, 0) is 4.74 Å². The van der Waals surface area contributed by atoms with Crippen LogP contribution in [0.2, 0.25) is 0 Å².